The number of benzene rings is 3. The molecule has 7 nitrogen and oxygen atoms in total. The molecule has 40 heavy (non-hydrogen) atoms. The second-order valence-corrected chi connectivity index (χ2v) is 9.86. The Balaban J connectivity index is 1.55. The van der Waals surface area contributed by atoms with Crippen molar-refractivity contribution in [3.05, 3.63) is 96.1 Å². The molecule has 0 aliphatic heterocycles. The van der Waals surface area contributed by atoms with Crippen LogP contribution in [0.2, 0.25) is 0 Å². The number of amides is 3. The first-order valence-electron chi connectivity index (χ1n) is 12.7. The largest absolute Gasteiger partial charge is 0.416 e. The number of nitrogens with one attached hydrogen (secondary N) is 2. The first-order chi connectivity index (χ1) is 19.0. The van der Waals surface area contributed by atoms with Gasteiger partial charge in [0.05, 0.1) is 16.9 Å². The van der Waals surface area contributed by atoms with Crippen LogP contribution in [-0.4, -0.2) is 39.7 Å². The molecule has 0 atom stereocenters. The maximum absolute atomic E-state index is 13.2. The van der Waals surface area contributed by atoms with Gasteiger partial charge in [-0.05, 0) is 43.2 Å². The van der Waals surface area contributed by atoms with Crippen molar-refractivity contribution in [2.75, 3.05) is 23.7 Å². The summed E-state index contributed by atoms with van der Waals surface area (Å²) in [5.74, 6) is -0.0639. The van der Waals surface area contributed by atoms with Gasteiger partial charge in [-0.3, -0.25) is 4.79 Å². The van der Waals surface area contributed by atoms with E-state index in [4.69, 9.17) is 5.10 Å². The minimum absolute atomic E-state index is 0.00262. The molecule has 0 spiro atoms. The van der Waals surface area contributed by atoms with Crippen LogP contribution in [0.5, 0.6) is 0 Å². The summed E-state index contributed by atoms with van der Waals surface area (Å²) in [6, 6.07) is 22.6. The summed E-state index contributed by atoms with van der Waals surface area (Å²) in [4.78, 5) is 27.5. The van der Waals surface area contributed by atoms with E-state index in [2.05, 4.69) is 10.6 Å². The first-order valence-corrected chi connectivity index (χ1v) is 12.7. The number of nitrogens with zero attached hydrogens (tertiary/aromatic N) is 3. The van der Waals surface area contributed by atoms with Gasteiger partial charge in [0.1, 0.15) is 12.4 Å². The van der Waals surface area contributed by atoms with Crippen LogP contribution in [-0.2, 0) is 11.0 Å². The van der Waals surface area contributed by atoms with Crippen LogP contribution in [0, 0.1) is 12.8 Å². The average molecular weight is 550 g/mol. The summed E-state index contributed by atoms with van der Waals surface area (Å²) >= 11 is 0. The molecule has 0 unspecified atom stereocenters. The summed E-state index contributed by atoms with van der Waals surface area (Å²) in [6.07, 6.45) is -4.54. The lowest BCUT2D eigenvalue weighted by atomic mass is 10.1. The topological polar surface area (TPSA) is 79.3 Å². The molecule has 2 N–H and O–H groups in total. The standard InChI is InChI=1S/C30H30F3N5O2/c1-20(2)18-37(29(40)34-24-11-7-10-23(16-24)30(31,32)33)19-28(39)35-27-17-26(22-8-5-4-6-9-22)36-38(27)25-14-12-21(3)13-15-25/h4-17,20H,18-19H2,1-3H3,(H,34,40)(H,35,39). The lowest BCUT2D eigenvalue weighted by Gasteiger charge is -2.24. The van der Waals surface area contributed by atoms with Gasteiger partial charge in [0.25, 0.3) is 0 Å². The molecular weight excluding hydrogens is 519 g/mol. The van der Waals surface area contributed by atoms with Crippen LogP contribution in [0.4, 0.5) is 29.5 Å². The van der Waals surface area contributed by atoms with E-state index in [0.717, 1.165) is 28.9 Å². The average Bonchev–Trinajstić information content (AvgIpc) is 3.32. The van der Waals surface area contributed by atoms with E-state index in [9.17, 15) is 22.8 Å². The van der Waals surface area contributed by atoms with Gasteiger partial charge in [0, 0.05) is 23.9 Å². The van der Waals surface area contributed by atoms with Crippen LogP contribution in [0.25, 0.3) is 16.9 Å². The number of hydrogen-bond donors (Lipinski definition) is 2. The molecule has 1 aromatic heterocycles. The Labute approximate surface area is 230 Å². The fourth-order valence-corrected chi connectivity index (χ4v) is 4.09. The van der Waals surface area contributed by atoms with E-state index in [0.29, 0.717) is 11.5 Å². The second kappa shape index (κ2) is 12.1. The number of halogens is 3. The molecule has 3 aromatic carbocycles. The van der Waals surface area contributed by atoms with Crippen molar-refractivity contribution in [3.63, 3.8) is 0 Å². The summed E-state index contributed by atoms with van der Waals surface area (Å²) in [5.41, 5.74) is 2.44. The zero-order valence-electron chi connectivity index (χ0n) is 22.4. The SMILES string of the molecule is Cc1ccc(-n2nc(-c3ccccc3)cc2NC(=O)CN(CC(C)C)C(=O)Nc2cccc(C(F)(F)F)c2)cc1. The second-order valence-electron chi connectivity index (χ2n) is 9.86. The number of aryl methyl sites for hydroxylation is 1. The van der Waals surface area contributed by atoms with Crippen molar-refractivity contribution < 1.29 is 22.8 Å². The Kier molecular flexibility index (Phi) is 8.57. The van der Waals surface area contributed by atoms with Gasteiger partial charge in [0.15, 0.2) is 0 Å². The number of alkyl halides is 3. The molecule has 10 heteroatoms. The van der Waals surface area contributed by atoms with Crippen LogP contribution in [0.1, 0.15) is 25.0 Å². The third-order valence-electron chi connectivity index (χ3n) is 5.97. The predicted molar refractivity (Wildman–Crippen MR) is 149 cm³/mol. The lowest BCUT2D eigenvalue weighted by Crippen LogP contribution is -2.42. The molecule has 0 radical (unpaired) electrons. The van der Waals surface area contributed by atoms with Gasteiger partial charge in [0.2, 0.25) is 5.91 Å². The third-order valence-corrected chi connectivity index (χ3v) is 5.97. The highest BCUT2D eigenvalue weighted by molar-refractivity contribution is 5.97. The number of carbonyl (C=O) groups excluding carboxylic acids is 2. The monoisotopic (exact) mass is 549 g/mol. The van der Waals surface area contributed by atoms with Crippen LogP contribution in [0.3, 0.4) is 0 Å². The van der Waals surface area contributed by atoms with Crippen molar-refractivity contribution >= 4 is 23.4 Å². The Bertz CT molecular complexity index is 1460. The van der Waals surface area contributed by atoms with Crippen LogP contribution >= 0.6 is 0 Å². The van der Waals surface area contributed by atoms with Crippen molar-refractivity contribution in [1.29, 1.82) is 0 Å². The predicted octanol–water partition coefficient (Wildman–Crippen LogP) is 7.00. The van der Waals surface area contributed by atoms with E-state index in [1.165, 1.54) is 17.0 Å². The lowest BCUT2D eigenvalue weighted by molar-refractivity contribution is -0.137. The summed E-state index contributed by atoms with van der Waals surface area (Å²) in [7, 11) is 0. The molecule has 0 saturated carbocycles. The summed E-state index contributed by atoms with van der Waals surface area (Å²) < 4.78 is 41.0. The Morgan fingerprint density at radius 3 is 2.27 bits per heavy atom. The molecular formula is C30H30F3N5O2. The maximum atomic E-state index is 13.2. The fourth-order valence-electron chi connectivity index (χ4n) is 4.09. The van der Waals surface area contributed by atoms with Crippen LogP contribution < -0.4 is 10.6 Å². The highest BCUT2D eigenvalue weighted by Gasteiger charge is 2.30. The quantitative estimate of drug-likeness (QED) is 0.249. The van der Waals surface area contributed by atoms with Gasteiger partial charge in [-0.1, -0.05) is 67.9 Å². The number of carbonyl (C=O) groups is 2. The molecule has 0 saturated heterocycles. The Morgan fingerprint density at radius 2 is 1.62 bits per heavy atom. The number of rotatable bonds is 8. The van der Waals surface area contributed by atoms with Gasteiger partial charge in [-0.2, -0.15) is 18.3 Å². The molecule has 4 rings (SSSR count). The van der Waals surface area contributed by atoms with Crippen LogP contribution in [0.15, 0.2) is 84.9 Å². The highest BCUT2D eigenvalue weighted by atomic mass is 19.4. The van der Waals surface area contributed by atoms with Crippen molar-refractivity contribution in [2.45, 2.75) is 26.9 Å². The fraction of sp³-hybridized carbons (Fsp3) is 0.233. The minimum atomic E-state index is -4.54. The first kappa shape index (κ1) is 28.4. The van der Waals surface area contributed by atoms with Crippen molar-refractivity contribution in [2.24, 2.45) is 5.92 Å². The van der Waals surface area contributed by atoms with Crippen molar-refractivity contribution in [1.82, 2.24) is 14.7 Å². The zero-order chi connectivity index (χ0) is 28.9. The molecule has 0 aliphatic carbocycles. The minimum Gasteiger partial charge on any atom is -0.315 e. The van der Waals surface area contributed by atoms with Gasteiger partial charge < -0.3 is 15.5 Å². The van der Waals surface area contributed by atoms with E-state index in [-0.39, 0.29) is 24.7 Å². The van der Waals surface area contributed by atoms with E-state index >= 15 is 0 Å². The smallest absolute Gasteiger partial charge is 0.315 e. The molecule has 4 aromatic rings. The zero-order valence-corrected chi connectivity index (χ0v) is 22.4. The molecule has 0 bridgehead atoms. The number of hydrogen-bond acceptors (Lipinski definition) is 3. The van der Waals surface area contributed by atoms with Gasteiger partial charge in [-0.25, -0.2) is 9.48 Å². The molecule has 0 fully saturated rings. The third kappa shape index (κ3) is 7.28. The van der Waals surface area contributed by atoms with E-state index in [1.807, 2.05) is 75.4 Å². The number of urea groups is 1. The number of aromatic nitrogens is 2. The van der Waals surface area contributed by atoms with Crippen molar-refractivity contribution in [3.8, 4) is 16.9 Å². The number of anilines is 2. The molecule has 208 valence electrons. The normalized spacial score (nSPS) is 11.4. The molecule has 3 amide bonds. The Hall–Kier alpha value is -4.60. The Morgan fingerprint density at radius 1 is 0.925 bits per heavy atom. The maximum Gasteiger partial charge on any atom is 0.416 e. The molecule has 1 heterocycles. The highest BCUT2D eigenvalue weighted by Crippen LogP contribution is 2.31. The van der Waals surface area contributed by atoms with Gasteiger partial charge in [-0.15, -0.1) is 0 Å². The summed E-state index contributed by atoms with van der Waals surface area (Å²) in [5, 5.41) is 10.0. The summed E-state index contributed by atoms with van der Waals surface area (Å²) in [6.45, 7) is 5.62. The molecule has 0 aliphatic rings. The van der Waals surface area contributed by atoms with E-state index < -0.39 is 23.7 Å². The van der Waals surface area contributed by atoms with Gasteiger partial charge >= 0.3 is 12.2 Å². The van der Waals surface area contributed by atoms with E-state index in [1.54, 1.807) is 10.7 Å².